The van der Waals surface area contributed by atoms with Gasteiger partial charge in [0.25, 0.3) is 10.1 Å². The SMILES string of the molecule is COS(=O)(=O)c1csc(Sc2ccccc2)c1. The first-order valence-corrected chi connectivity index (χ1v) is 7.84. The number of thiophene rings is 1. The third-order valence-corrected chi connectivity index (χ3v) is 5.51. The molecule has 0 atom stereocenters. The lowest BCUT2D eigenvalue weighted by atomic mass is 10.4. The summed E-state index contributed by atoms with van der Waals surface area (Å²) < 4.78 is 28.3. The van der Waals surface area contributed by atoms with E-state index in [-0.39, 0.29) is 4.90 Å². The van der Waals surface area contributed by atoms with Crippen LogP contribution in [0.3, 0.4) is 0 Å². The zero-order valence-electron chi connectivity index (χ0n) is 8.99. The molecule has 0 unspecified atom stereocenters. The average molecular weight is 286 g/mol. The van der Waals surface area contributed by atoms with Crippen molar-refractivity contribution in [1.29, 1.82) is 0 Å². The lowest BCUT2D eigenvalue weighted by Gasteiger charge is -1.97. The highest BCUT2D eigenvalue weighted by atomic mass is 32.2. The van der Waals surface area contributed by atoms with Gasteiger partial charge in [-0.25, -0.2) is 0 Å². The molecule has 0 radical (unpaired) electrons. The van der Waals surface area contributed by atoms with Gasteiger partial charge in [-0.15, -0.1) is 11.3 Å². The van der Waals surface area contributed by atoms with E-state index in [1.165, 1.54) is 23.1 Å². The van der Waals surface area contributed by atoms with Crippen molar-refractivity contribution < 1.29 is 12.6 Å². The first-order valence-electron chi connectivity index (χ1n) is 4.74. The van der Waals surface area contributed by atoms with Crippen LogP contribution in [0.25, 0.3) is 0 Å². The highest BCUT2D eigenvalue weighted by Gasteiger charge is 2.15. The fraction of sp³-hybridized carbons (Fsp3) is 0.0909. The van der Waals surface area contributed by atoms with Crippen molar-refractivity contribution in [2.75, 3.05) is 7.11 Å². The summed E-state index contributed by atoms with van der Waals surface area (Å²) in [6, 6.07) is 11.4. The van der Waals surface area contributed by atoms with E-state index in [0.717, 1.165) is 16.2 Å². The number of rotatable bonds is 4. The Hall–Kier alpha value is -0.820. The maximum Gasteiger partial charge on any atom is 0.297 e. The minimum absolute atomic E-state index is 0.212. The second kappa shape index (κ2) is 5.22. The molecule has 90 valence electrons. The molecular weight excluding hydrogens is 276 g/mol. The Morgan fingerprint density at radius 3 is 2.59 bits per heavy atom. The average Bonchev–Trinajstić information content (AvgIpc) is 2.80. The molecule has 0 aliphatic carbocycles. The van der Waals surface area contributed by atoms with Gasteiger partial charge < -0.3 is 0 Å². The van der Waals surface area contributed by atoms with Crippen molar-refractivity contribution in [1.82, 2.24) is 0 Å². The van der Waals surface area contributed by atoms with E-state index in [0.29, 0.717) is 0 Å². The third-order valence-electron chi connectivity index (χ3n) is 2.02. The van der Waals surface area contributed by atoms with Crippen LogP contribution in [0.15, 0.2) is 55.8 Å². The van der Waals surface area contributed by atoms with Crippen molar-refractivity contribution in [3.05, 3.63) is 41.8 Å². The molecule has 0 amide bonds. The van der Waals surface area contributed by atoms with Crippen molar-refractivity contribution in [3.63, 3.8) is 0 Å². The predicted molar refractivity (Wildman–Crippen MR) is 69.1 cm³/mol. The van der Waals surface area contributed by atoms with Crippen molar-refractivity contribution >= 4 is 33.2 Å². The van der Waals surface area contributed by atoms with Crippen LogP contribution in [0.4, 0.5) is 0 Å². The molecule has 1 aromatic carbocycles. The molecule has 0 saturated heterocycles. The van der Waals surface area contributed by atoms with Gasteiger partial charge in [0.05, 0.1) is 11.3 Å². The standard InChI is InChI=1S/C11H10O3S3/c1-14-17(12,13)10-7-11(15-8-10)16-9-5-3-2-4-6-9/h2-8H,1H3. The molecule has 0 bridgehead atoms. The highest BCUT2D eigenvalue weighted by Crippen LogP contribution is 2.34. The molecule has 2 rings (SSSR count). The molecule has 17 heavy (non-hydrogen) atoms. The van der Waals surface area contributed by atoms with E-state index >= 15 is 0 Å². The van der Waals surface area contributed by atoms with E-state index in [1.54, 1.807) is 11.4 Å². The predicted octanol–water partition coefficient (Wildman–Crippen LogP) is 3.23. The van der Waals surface area contributed by atoms with Gasteiger partial charge in [-0.2, -0.15) is 8.42 Å². The Labute approximate surface area is 109 Å². The van der Waals surface area contributed by atoms with Crippen LogP contribution < -0.4 is 0 Å². The van der Waals surface area contributed by atoms with E-state index in [9.17, 15) is 8.42 Å². The van der Waals surface area contributed by atoms with Gasteiger partial charge in [-0.1, -0.05) is 30.0 Å². The molecule has 1 heterocycles. The summed E-state index contributed by atoms with van der Waals surface area (Å²) in [5.74, 6) is 0. The van der Waals surface area contributed by atoms with Gasteiger partial charge in [0.1, 0.15) is 4.90 Å². The molecule has 0 aliphatic rings. The maximum atomic E-state index is 11.4. The van der Waals surface area contributed by atoms with Gasteiger partial charge >= 0.3 is 0 Å². The number of benzene rings is 1. The van der Waals surface area contributed by atoms with E-state index < -0.39 is 10.1 Å². The zero-order chi connectivity index (χ0) is 12.3. The van der Waals surface area contributed by atoms with Crippen molar-refractivity contribution in [2.24, 2.45) is 0 Å². The monoisotopic (exact) mass is 286 g/mol. The Morgan fingerprint density at radius 1 is 1.24 bits per heavy atom. The van der Waals surface area contributed by atoms with Crippen LogP contribution >= 0.6 is 23.1 Å². The minimum atomic E-state index is -3.57. The summed E-state index contributed by atoms with van der Waals surface area (Å²) in [6.07, 6.45) is 0. The molecule has 0 aliphatic heterocycles. The fourth-order valence-electron chi connectivity index (χ4n) is 1.19. The number of hydrogen-bond donors (Lipinski definition) is 0. The second-order valence-corrected chi connectivity index (χ2v) is 7.14. The quantitative estimate of drug-likeness (QED) is 0.809. The molecular formula is C11H10O3S3. The Balaban J connectivity index is 2.20. The van der Waals surface area contributed by atoms with Crippen LogP contribution in [0.1, 0.15) is 0 Å². The van der Waals surface area contributed by atoms with E-state index in [1.807, 2.05) is 30.3 Å². The lowest BCUT2D eigenvalue weighted by Crippen LogP contribution is -2.00. The van der Waals surface area contributed by atoms with Gasteiger partial charge in [0.2, 0.25) is 0 Å². The molecule has 1 aromatic heterocycles. The van der Waals surface area contributed by atoms with Crippen LogP contribution in [0.2, 0.25) is 0 Å². The summed E-state index contributed by atoms with van der Waals surface area (Å²) in [4.78, 5) is 1.29. The van der Waals surface area contributed by atoms with Crippen molar-refractivity contribution in [3.8, 4) is 0 Å². The molecule has 0 N–H and O–H groups in total. The summed E-state index contributed by atoms with van der Waals surface area (Å²) in [5, 5.41) is 1.59. The molecule has 0 spiro atoms. The van der Waals surface area contributed by atoms with Crippen molar-refractivity contribution in [2.45, 2.75) is 14.0 Å². The van der Waals surface area contributed by atoms with Crippen LogP contribution in [0, 0.1) is 0 Å². The first kappa shape index (κ1) is 12.6. The highest BCUT2D eigenvalue weighted by molar-refractivity contribution is 8.01. The van der Waals surface area contributed by atoms with E-state index in [4.69, 9.17) is 0 Å². The molecule has 0 saturated carbocycles. The summed E-state index contributed by atoms with van der Waals surface area (Å²) in [7, 11) is -2.41. The fourth-order valence-corrected chi connectivity index (χ4v) is 4.24. The Morgan fingerprint density at radius 2 is 1.94 bits per heavy atom. The van der Waals surface area contributed by atoms with Crippen LogP contribution in [-0.2, 0) is 14.3 Å². The van der Waals surface area contributed by atoms with Gasteiger partial charge in [-0.05, 0) is 18.2 Å². The molecule has 2 aromatic rings. The maximum absolute atomic E-state index is 11.4. The molecule has 0 fully saturated rings. The first-order chi connectivity index (χ1) is 8.12. The second-order valence-electron chi connectivity index (χ2n) is 3.14. The third kappa shape index (κ3) is 3.10. The lowest BCUT2D eigenvalue weighted by molar-refractivity contribution is 0.398. The molecule has 3 nitrogen and oxygen atoms in total. The largest absolute Gasteiger partial charge is 0.297 e. The van der Waals surface area contributed by atoms with Gasteiger partial charge in [-0.3, -0.25) is 4.18 Å². The normalized spacial score (nSPS) is 11.6. The Bertz CT molecular complexity index is 587. The van der Waals surface area contributed by atoms with Crippen LogP contribution in [-0.4, -0.2) is 15.5 Å². The Kier molecular flexibility index (Phi) is 3.88. The topological polar surface area (TPSA) is 43.4 Å². The van der Waals surface area contributed by atoms with Gasteiger partial charge in [0.15, 0.2) is 0 Å². The number of hydrogen-bond acceptors (Lipinski definition) is 5. The molecule has 6 heteroatoms. The van der Waals surface area contributed by atoms with Crippen LogP contribution in [0.5, 0.6) is 0 Å². The smallest absolute Gasteiger partial charge is 0.270 e. The van der Waals surface area contributed by atoms with E-state index in [2.05, 4.69) is 4.18 Å². The summed E-state index contributed by atoms with van der Waals surface area (Å²) in [5.41, 5.74) is 0. The zero-order valence-corrected chi connectivity index (χ0v) is 11.4. The minimum Gasteiger partial charge on any atom is -0.270 e. The van der Waals surface area contributed by atoms with Gasteiger partial charge in [0, 0.05) is 10.3 Å². The summed E-state index contributed by atoms with van der Waals surface area (Å²) in [6.45, 7) is 0. The summed E-state index contributed by atoms with van der Waals surface area (Å²) >= 11 is 2.92.